The summed E-state index contributed by atoms with van der Waals surface area (Å²) in [5.41, 5.74) is 0.0388. The quantitative estimate of drug-likeness (QED) is 0.889. The lowest BCUT2D eigenvalue weighted by Crippen LogP contribution is -2.41. The standard InChI is InChI=1S/C19H18F3N3O2/c20-19(21,22)15-5-3-14(4-6-15)18(27)25-10-7-13(8-11-25)17(26)24-16-2-1-9-23-12-16/h1-6,9,12-13H,7-8,10-11H2,(H,24,26). The monoisotopic (exact) mass is 377 g/mol. The smallest absolute Gasteiger partial charge is 0.339 e. The molecule has 8 heteroatoms. The molecule has 1 N–H and O–H groups in total. The Hall–Kier alpha value is -2.90. The number of carbonyl (C=O) groups is 2. The number of rotatable bonds is 3. The van der Waals surface area contributed by atoms with Gasteiger partial charge in [0.25, 0.3) is 5.91 Å². The molecule has 1 aromatic heterocycles. The molecule has 0 radical (unpaired) electrons. The van der Waals surface area contributed by atoms with Crippen LogP contribution < -0.4 is 5.32 Å². The minimum Gasteiger partial charge on any atom is -0.339 e. The van der Waals surface area contributed by atoms with Crippen LogP contribution in [0.15, 0.2) is 48.8 Å². The number of pyridine rings is 1. The maximum Gasteiger partial charge on any atom is 0.416 e. The number of nitrogens with zero attached hydrogens (tertiary/aromatic N) is 2. The highest BCUT2D eigenvalue weighted by molar-refractivity contribution is 5.95. The van der Waals surface area contributed by atoms with Gasteiger partial charge in [0.1, 0.15) is 0 Å². The number of nitrogens with one attached hydrogen (secondary N) is 1. The normalized spacial score (nSPS) is 15.4. The first-order valence-electron chi connectivity index (χ1n) is 8.52. The van der Waals surface area contributed by atoms with Crippen molar-refractivity contribution >= 4 is 17.5 Å². The molecule has 1 aliphatic heterocycles. The molecular weight excluding hydrogens is 359 g/mol. The van der Waals surface area contributed by atoms with Crippen molar-refractivity contribution in [1.82, 2.24) is 9.88 Å². The third-order valence-corrected chi connectivity index (χ3v) is 4.54. The first kappa shape index (κ1) is 18.9. The zero-order chi connectivity index (χ0) is 19.4. The highest BCUT2D eigenvalue weighted by Crippen LogP contribution is 2.29. The zero-order valence-corrected chi connectivity index (χ0v) is 14.4. The van der Waals surface area contributed by atoms with Gasteiger partial charge in [-0.15, -0.1) is 0 Å². The van der Waals surface area contributed by atoms with Gasteiger partial charge in [-0.05, 0) is 49.2 Å². The highest BCUT2D eigenvalue weighted by Gasteiger charge is 2.31. The SMILES string of the molecule is O=C(Nc1cccnc1)C1CCN(C(=O)c2ccc(C(F)(F)F)cc2)CC1. The van der Waals surface area contributed by atoms with Crippen molar-refractivity contribution in [1.29, 1.82) is 0 Å². The molecule has 1 saturated heterocycles. The maximum atomic E-state index is 12.6. The van der Waals surface area contributed by atoms with Crippen LogP contribution in [0.4, 0.5) is 18.9 Å². The number of alkyl halides is 3. The molecule has 0 atom stereocenters. The molecule has 142 valence electrons. The number of benzene rings is 1. The Labute approximate surface area is 154 Å². The fourth-order valence-corrected chi connectivity index (χ4v) is 3.01. The Kier molecular flexibility index (Phi) is 5.43. The second-order valence-corrected chi connectivity index (χ2v) is 6.37. The summed E-state index contributed by atoms with van der Waals surface area (Å²) in [6, 6.07) is 7.65. The fourth-order valence-electron chi connectivity index (χ4n) is 3.01. The minimum absolute atomic E-state index is 0.121. The van der Waals surface area contributed by atoms with Crippen molar-refractivity contribution in [2.75, 3.05) is 18.4 Å². The minimum atomic E-state index is -4.43. The van der Waals surface area contributed by atoms with Gasteiger partial charge in [0.15, 0.2) is 0 Å². The molecule has 0 unspecified atom stereocenters. The van der Waals surface area contributed by atoms with Crippen LogP contribution in [0.2, 0.25) is 0 Å². The molecule has 0 aliphatic carbocycles. The first-order chi connectivity index (χ1) is 12.8. The molecule has 2 heterocycles. The average molecular weight is 377 g/mol. The van der Waals surface area contributed by atoms with Crippen LogP contribution in [0.1, 0.15) is 28.8 Å². The Bertz CT molecular complexity index is 799. The average Bonchev–Trinajstić information content (AvgIpc) is 2.68. The van der Waals surface area contributed by atoms with Crippen molar-refractivity contribution in [3.8, 4) is 0 Å². The van der Waals surface area contributed by atoms with Gasteiger partial charge in [-0.1, -0.05) is 0 Å². The number of halogens is 3. The Balaban J connectivity index is 1.55. The molecule has 2 aromatic rings. The lowest BCUT2D eigenvalue weighted by atomic mass is 9.95. The third-order valence-electron chi connectivity index (χ3n) is 4.54. The lowest BCUT2D eigenvalue weighted by molar-refractivity contribution is -0.137. The molecule has 27 heavy (non-hydrogen) atoms. The second kappa shape index (κ2) is 7.77. The first-order valence-corrected chi connectivity index (χ1v) is 8.52. The van der Waals surface area contributed by atoms with E-state index in [4.69, 9.17) is 0 Å². The molecule has 0 spiro atoms. The van der Waals surface area contributed by atoms with Crippen molar-refractivity contribution in [3.05, 3.63) is 59.9 Å². The van der Waals surface area contributed by atoms with Crippen LogP contribution in [0.5, 0.6) is 0 Å². The van der Waals surface area contributed by atoms with E-state index in [0.717, 1.165) is 12.1 Å². The highest BCUT2D eigenvalue weighted by atomic mass is 19.4. The number of hydrogen-bond donors (Lipinski definition) is 1. The molecule has 1 fully saturated rings. The molecule has 1 aliphatic rings. The van der Waals surface area contributed by atoms with Crippen molar-refractivity contribution < 1.29 is 22.8 Å². The summed E-state index contributed by atoms with van der Waals surface area (Å²) >= 11 is 0. The number of aromatic nitrogens is 1. The molecule has 3 rings (SSSR count). The van der Waals surface area contributed by atoms with Gasteiger partial charge >= 0.3 is 6.18 Å². The number of likely N-dealkylation sites (tertiary alicyclic amines) is 1. The van der Waals surface area contributed by atoms with Gasteiger partial charge in [-0.3, -0.25) is 14.6 Å². The predicted molar refractivity (Wildman–Crippen MR) is 92.9 cm³/mol. The number of hydrogen-bond acceptors (Lipinski definition) is 3. The predicted octanol–water partition coefficient (Wildman–Crippen LogP) is 3.59. The maximum absolute atomic E-state index is 12.6. The summed E-state index contributed by atoms with van der Waals surface area (Å²) in [7, 11) is 0. The summed E-state index contributed by atoms with van der Waals surface area (Å²) in [6.45, 7) is 0.760. The summed E-state index contributed by atoms with van der Waals surface area (Å²) in [6.07, 6.45) is -0.263. The van der Waals surface area contributed by atoms with E-state index in [9.17, 15) is 22.8 Å². The summed E-state index contributed by atoms with van der Waals surface area (Å²) < 4.78 is 37.8. The van der Waals surface area contributed by atoms with E-state index in [1.807, 2.05) is 0 Å². The molecule has 2 amide bonds. The fraction of sp³-hybridized carbons (Fsp3) is 0.316. The van der Waals surface area contributed by atoms with Crippen LogP contribution in [0, 0.1) is 5.92 Å². The summed E-state index contributed by atoms with van der Waals surface area (Å²) in [5, 5.41) is 2.80. The Morgan fingerprint density at radius 2 is 1.74 bits per heavy atom. The zero-order valence-electron chi connectivity index (χ0n) is 14.4. The Morgan fingerprint density at radius 3 is 2.30 bits per heavy atom. The largest absolute Gasteiger partial charge is 0.416 e. The molecule has 5 nitrogen and oxygen atoms in total. The van der Waals surface area contributed by atoms with E-state index >= 15 is 0 Å². The van der Waals surface area contributed by atoms with E-state index < -0.39 is 11.7 Å². The van der Waals surface area contributed by atoms with Crippen LogP contribution in [0.3, 0.4) is 0 Å². The van der Waals surface area contributed by atoms with Crippen LogP contribution in [-0.2, 0) is 11.0 Å². The van der Waals surface area contributed by atoms with E-state index in [-0.39, 0.29) is 23.3 Å². The van der Waals surface area contributed by atoms with Crippen LogP contribution >= 0.6 is 0 Å². The summed E-state index contributed by atoms with van der Waals surface area (Å²) in [4.78, 5) is 30.3. The van der Waals surface area contributed by atoms with Crippen molar-refractivity contribution in [2.24, 2.45) is 5.92 Å². The summed E-state index contributed by atoms with van der Waals surface area (Å²) in [5.74, 6) is -0.665. The van der Waals surface area contributed by atoms with Gasteiger partial charge in [-0.25, -0.2) is 0 Å². The van der Waals surface area contributed by atoms with Crippen LogP contribution in [-0.4, -0.2) is 34.8 Å². The van der Waals surface area contributed by atoms with E-state index in [0.29, 0.717) is 31.6 Å². The third kappa shape index (κ3) is 4.64. The van der Waals surface area contributed by atoms with E-state index in [1.165, 1.54) is 12.1 Å². The second-order valence-electron chi connectivity index (χ2n) is 6.37. The molecule has 1 aromatic carbocycles. The molecular formula is C19H18F3N3O2. The van der Waals surface area contributed by atoms with Gasteiger partial charge in [-0.2, -0.15) is 13.2 Å². The van der Waals surface area contributed by atoms with Crippen molar-refractivity contribution in [2.45, 2.75) is 19.0 Å². The van der Waals surface area contributed by atoms with E-state index in [2.05, 4.69) is 10.3 Å². The lowest BCUT2D eigenvalue weighted by Gasteiger charge is -2.31. The van der Waals surface area contributed by atoms with Crippen molar-refractivity contribution in [3.63, 3.8) is 0 Å². The molecule has 0 saturated carbocycles. The molecule has 0 bridgehead atoms. The number of anilines is 1. The number of amides is 2. The van der Waals surface area contributed by atoms with Gasteiger partial charge in [0, 0.05) is 30.8 Å². The number of piperidine rings is 1. The van der Waals surface area contributed by atoms with Crippen LogP contribution in [0.25, 0.3) is 0 Å². The topological polar surface area (TPSA) is 62.3 Å². The number of carbonyl (C=O) groups excluding carboxylic acids is 2. The van der Waals surface area contributed by atoms with E-state index in [1.54, 1.807) is 29.4 Å². The van der Waals surface area contributed by atoms with Gasteiger partial charge < -0.3 is 10.2 Å². The Morgan fingerprint density at radius 1 is 1.07 bits per heavy atom. The van der Waals surface area contributed by atoms with Gasteiger partial charge in [0.05, 0.1) is 17.4 Å². The van der Waals surface area contributed by atoms with Gasteiger partial charge in [0.2, 0.25) is 5.91 Å².